The fourth-order valence-corrected chi connectivity index (χ4v) is 0.563. The minimum absolute atomic E-state index is 1.03. The van der Waals surface area contributed by atoms with Crippen LogP contribution in [0.3, 0.4) is 0 Å². The van der Waals surface area contributed by atoms with E-state index in [9.17, 15) is 0 Å². The molecule has 50 valence electrons. The Bertz CT molecular complexity index is 143. The highest BCUT2D eigenvalue weighted by Crippen LogP contribution is 2.00. The quantitative estimate of drug-likeness (QED) is 0.567. The highest BCUT2D eigenvalue weighted by molar-refractivity contribution is 5.24. The van der Waals surface area contributed by atoms with Gasteiger partial charge in [0.2, 0.25) is 0 Å². The second kappa shape index (κ2) is 3.96. The van der Waals surface area contributed by atoms with Crippen LogP contribution in [0.2, 0.25) is 0 Å². The minimum atomic E-state index is 1.03. The normalized spacial score (nSPS) is 10.7. The van der Waals surface area contributed by atoms with E-state index in [1.807, 2.05) is 19.9 Å². The first-order valence-corrected chi connectivity index (χ1v) is 2.92. The van der Waals surface area contributed by atoms with Gasteiger partial charge in [0.05, 0.1) is 0 Å². The Balaban J connectivity index is 4.00. The third kappa shape index (κ3) is 2.75. The van der Waals surface area contributed by atoms with Gasteiger partial charge in [0, 0.05) is 5.70 Å². The van der Waals surface area contributed by atoms with Gasteiger partial charge in [-0.05, 0) is 25.6 Å². The molecule has 0 amide bonds. The zero-order valence-corrected chi connectivity index (χ0v) is 6.07. The SMILES string of the molecule is C=CN/C(=C/C)C(=C)C. The van der Waals surface area contributed by atoms with E-state index in [2.05, 4.69) is 18.5 Å². The molecular weight excluding hydrogens is 110 g/mol. The van der Waals surface area contributed by atoms with Crippen LogP contribution in [-0.2, 0) is 0 Å². The molecule has 0 saturated carbocycles. The van der Waals surface area contributed by atoms with Crippen molar-refractivity contribution in [1.82, 2.24) is 5.32 Å². The van der Waals surface area contributed by atoms with Crippen LogP contribution in [0.4, 0.5) is 0 Å². The summed E-state index contributed by atoms with van der Waals surface area (Å²) in [5, 5.41) is 2.96. The van der Waals surface area contributed by atoms with Crippen molar-refractivity contribution in [3.63, 3.8) is 0 Å². The molecule has 0 aromatic carbocycles. The molecule has 0 fully saturated rings. The van der Waals surface area contributed by atoms with Crippen molar-refractivity contribution in [2.75, 3.05) is 0 Å². The van der Waals surface area contributed by atoms with Crippen molar-refractivity contribution in [2.45, 2.75) is 13.8 Å². The molecule has 0 rings (SSSR count). The summed E-state index contributed by atoms with van der Waals surface area (Å²) in [6, 6.07) is 0. The molecule has 0 radical (unpaired) electrons. The molecule has 0 aliphatic heterocycles. The lowest BCUT2D eigenvalue weighted by Gasteiger charge is -2.03. The second-order valence-corrected chi connectivity index (χ2v) is 1.83. The smallest absolute Gasteiger partial charge is 0.0359 e. The third-order valence-electron chi connectivity index (χ3n) is 1.01. The van der Waals surface area contributed by atoms with Crippen LogP contribution < -0.4 is 5.32 Å². The van der Waals surface area contributed by atoms with Crippen LogP contribution in [0, 0.1) is 0 Å². The van der Waals surface area contributed by atoms with E-state index in [1.165, 1.54) is 0 Å². The summed E-state index contributed by atoms with van der Waals surface area (Å²) in [5.41, 5.74) is 2.06. The summed E-state index contributed by atoms with van der Waals surface area (Å²) in [6.07, 6.45) is 3.61. The van der Waals surface area contributed by atoms with Crippen molar-refractivity contribution >= 4 is 0 Å². The van der Waals surface area contributed by atoms with E-state index in [4.69, 9.17) is 0 Å². The lowest BCUT2D eigenvalue weighted by molar-refractivity contribution is 1.07. The van der Waals surface area contributed by atoms with Gasteiger partial charge in [-0.15, -0.1) is 0 Å². The fourth-order valence-electron chi connectivity index (χ4n) is 0.563. The monoisotopic (exact) mass is 123 g/mol. The van der Waals surface area contributed by atoms with Crippen molar-refractivity contribution in [2.24, 2.45) is 0 Å². The molecule has 0 aromatic rings. The summed E-state index contributed by atoms with van der Waals surface area (Å²) in [4.78, 5) is 0. The number of rotatable bonds is 3. The topological polar surface area (TPSA) is 12.0 Å². The largest absolute Gasteiger partial charge is 0.362 e. The van der Waals surface area contributed by atoms with Gasteiger partial charge in [-0.2, -0.15) is 0 Å². The van der Waals surface area contributed by atoms with Crippen molar-refractivity contribution < 1.29 is 0 Å². The predicted molar refractivity (Wildman–Crippen MR) is 41.9 cm³/mol. The molecule has 1 N–H and O–H groups in total. The van der Waals surface area contributed by atoms with E-state index in [-0.39, 0.29) is 0 Å². The molecule has 0 spiro atoms. The lowest BCUT2D eigenvalue weighted by atomic mass is 10.2. The van der Waals surface area contributed by atoms with Gasteiger partial charge < -0.3 is 5.32 Å². The van der Waals surface area contributed by atoms with Crippen LogP contribution in [0.15, 0.2) is 36.7 Å². The molecule has 0 aliphatic carbocycles. The molecule has 0 aliphatic rings. The van der Waals surface area contributed by atoms with Crippen LogP contribution >= 0.6 is 0 Å². The maximum absolute atomic E-state index is 3.77. The van der Waals surface area contributed by atoms with Gasteiger partial charge in [-0.25, -0.2) is 0 Å². The fraction of sp³-hybridized carbons (Fsp3) is 0.250. The van der Waals surface area contributed by atoms with Crippen LogP contribution in [0.5, 0.6) is 0 Å². The molecule has 9 heavy (non-hydrogen) atoms. The van der Waals surface area contributed by atoms with Gasteiger partial charge in [0.1, 0.15) is 0 Å². The number of allylic oxidation sites excluding steroid dienone is 2. The first-order valence-electron chi connectivity index (χ1n) is 2.92. The molecule has 0 unspecified atom stereocenters. The molecular formula is C8H13N. The van der Waals surface area contributed by atoms with E-state index in [0.29, 0.717) is 0 Å². The third-order valence-corrected chi connectivity index (χ3v) is 1.01. The summed E-state index contributed by atoms with van der Waals surface area (Å²) >= 11 is 0. The molecule has 0 bridgehead atoms. The van der Waals surface area contributed by atoms with Gasteiger partial charge >= 0.3 is 0 Å². The number of hydrogen-bond acceptors (Lipinski definition) is 1. The van der Waals surface area contributed by atoms with Crippen LogP contribution in [-0.4, -0.2) is 0 Å². The average molecular weight is 123 g/mol. The molecule has 1 heteroatoms. The highest BCUT2D eigenvalue weighted by atomic mass is 14.8. The minimum Gasteiger partial charge on any atom is -0.362 e. The van der Waals surface area contributed by atoms with Gasteiger partial charge in [-0.1, -0.05) is 19.2 Å². The average Bonchev–Trinajstić information content (AvgIpc) is 1.82. The predicted octanol–water partition coefficient (Wildman–Crippen LogP) is 2.20. The van der Waals surface area contributed by atoms with Gasteiger partial charge in [0.25, 0.3) is 0 Å². The van der Waals surface area contributed by atoms with E-state index in [1.54, 1.807) is 6.20 Å². The Hall–Kier alpha value is -0.980. The van der Waals surface area contributed by atoms with Crippen LogP contribution in [0.1, 0.15) is 13.8 Å². The molecule has 0 aromatic heterocycles. The zero-order valence-electron chi connectivity index (χ0n) is 6.07. The Labute approximate surface area is 56.8 Å². The van der Waals surface area contributed by atoms with Crippen LogP contribution in [0.25, 0.3) is 0 Å². The van der Waals surface area contributed by atoms with Crippen molar-refractivity contribution in [3.8, 4) is 0 Å². The highest BCUT2D eigenvalue weighted by Gasteiger charge is 1.88. The second-order valence-electron chi connectivity index (χ2n) is 1.83. The van der Waals surface area contributed by atoms with E-state index in [0.717, 1.165) is 11.3 Å². The Morgan fingerprint density at radius 2 is 2.11 bits per heavy atom. The Morgan fingerprint density at radius 3 is 2.22 bits per heavy atom. The standard InChI is InChI=1S/C8H13N/c1-5-8(7(3)4)9-6-2/h5-6,9H,2-3H2,1,4H3/b8-5+. The molecule has 0 heterocycles. The number of hydrogen-bond donors (Lipinski definition) is 1. The van der Waals surface area contributed by atoms with Gasteiger partial charge in [-0.3, -0.25) is 0 Å². The summed E-state index contributed by atoms with van der Waals surface area (Å²) in [5.74, 6) is 0. The molecule has 1 nitrogen and oxygen atoms in total. The van der Waals surface area contributed by atoms with Gasteiger partial charge in [0.15, 0.2) is 0 Å². The van der Waals surface area contributed by atoms with Crippen molar-refractivity contribution in [3.05, 3.63) is 36.7 Å². The zero-order chi connectivity index (χ0) is 7.28. The maximum atomic E-state index is 3.77. The lowest BCUT2D eigenvalue weighted by Crippen LogP contribution is -2.03. The molecule has 0 atom stereocenters. The summed E-state index contributed by atoms with van der Waals surface area (Å²) < 4.78 is 0. The Morgan fingerprint density at radius 1 is 1.56 bits per heavy atom. The van der Waals surface area contributed by atoms with E-state index < -0.39 is 0 Å². The summed E-state index contributed by atoms with van der Waals surface area (Å²) in [6.45, 7) is 11.2. The molecule has 0 saturated heterocycles. The van der Waals surface area contributed by atoms with E-state index >= 15 is 0 Å². The first kappa shape index (κ1) is 8.02. The number of nitrogens with one attached hydrogen (secondary N) is 1. The van der Waals surface area contributed by atoms with Crippen molar-refractivity contribution in [1.29, 1.82) is 0 Å². The summed E-state index contributed by atoms with van der Waals surface area (Å²) in [7, 11) is 0. The maximum Gasteiger partial charge on any atom is 0.0359 e. The Kier molecular flexibility index (Phi) is 3.52. The first-order chi connectivity index (χ1) is 4.22.